The van der Waals surface area contributed by atoms with Crippen molar-refractivity contribution in [1.82, 2.24) is 19.7 Å². The second kappa shape index (κ2) is 5.38. The van der Waals surface area contributed by atoms with Crippen LogP contribution < -0.4 is 4.72 Å². The van der Waals surface area contributed by atoms with Crippen molar-refractivity contribution in [3.05, 3.63) is 47.8 Å². The van der Waals surface area contributed by atoms with Gasteiger partial charge in [0.2, 0.25) is 10.0 Å². The van der Waals surface area contributed by atoms with E-state index < -0.39 is 10.0 Å². The van der Waals surface area contributed by atoms with Crippen LogP contribution in [0, 0.1) is 0 Å². The van der Waals surface area contributed by atoms with Crippen LogP contribution in [0.15, 0.2) is 41.8 Å². The first-order chi connectivity index (χ1) is 8.59. The third-order valence-electron chi connectivity index (χ3n) is 2.10. The average Bonchev–Trinajstić information content (AvgIpc) is 2.38. The fourth-order valence-electron chi connectivity index (χ4n) is 1.24. The van der Waals surface area contributed by atoms with Gasteiger partial charge in [0.05, 0.1) is 12.2 Å². The van der Waals surface area contributed by atoms with Crippen molar-refractivity contribution >= 4 is 21.6 Å². The van der Waals surface area contributed by atoms with Gasteiger partial charge in [-0.1, -0.05) is 11.6 Å². The monoisotopic (exact) mass is 284 g/mol. The Morgan fingerprint density at radius 1 is 1.22 bits per heavy atom. The standard InChI is InChI=1S/C10H9ClN4O2S/c11-10-9(2-1-4-13-10)18(16,17)15-6-8-3-5-12-7-14-8/h1-5,7,15H,6H2. The van der Waals surface area contributed by atoms with E-state index in [2.05, 4.69) is 19.7 Å². The van der Waals surface area contributed by atoms with Gasteiger partial charge in [-0.3, -0.25) is 0 Å². The van der Waals surface area contributed by atoms with E-state index in [0.717, 1.165) is 0 Å². The van der Waals surface area contributed by atoms with E-state index in [4.69, 9.17) is 11.6 Å². The summed E-state index contributed by atoms with van der Waals surface area (Å²) in [7, 11) is -3.69. The summed E-state index contributed by atoms with van der Waals surface area (Å²) in [5, 5.41) is -0.0623. The normalized spacial score (nSPS) is 11.4. The Morgan fingerprint density at radius 3 is 2.72 bits per heavy atom. The number of rotatable bonds is 4. The predicted molar refractivity (Wildman–Crippen MR) is 65.3 cm³/mol. The van der Waals surface area contributed by atoms with Crippen LogP contribution in [-0.2, 0) is 16.6 Å². The molecule has 2 heterocycles. The van der Waals surface area contributed by atoms with Gasteiger partial charge in [0, 0.05) is 12.4 Å². The molecule has 0 spiro atoms. The molecule has 0 aliphatic carbocycles. The highest BCUT2D eigenvalue weighted by Crippen LogP contribution is 2.17. The lowest BCUT2D eigenvalue weighted by molar-refractivity contribution is 0.580. The third kappa shape index (κ3) is 3.00. The Bertz CT molecular complexity index is 633. The minimum Gasteiger partial charge on any atom is -0.245 e. The van der Waals surface area contributed by atoms with Gasteiger partial charge < -0.3 is 0 Å². The van der Waals surface area contributed by atoms with E-state index in [1.54, 1.807) is 6.07 Å². The number of nitrogens with zero attached hydrogens (tertiary/aromatic N) is 3. The molecule has 0 aromatic carbocycles. The molecule has 6 nitrogen and oxygen atoms in total. The smallest absolute Gasteiger partial charge is 0.243 e. The van der Waals surface area contributed by atoms with Gasteiger partial charge >= 0.3 is 0 Å². The Labute approximate surface area is 109 Å². The van der Waals surface area contributed by atoms with Crippen LogP contribution >= 0.6 is 11.6 Å². The first-order valence-electron chi connectivity index (χ1n) is 4.95. The number of aromatic nitrogens is 3. The molecule has 2 aromatic heterocycles. The number of halogens is 1. The molecule has 0 atom stereocenters. The molecule has 18 heavy (non-hydrogen) atoms. The maximum atomic E-state index is 11.9. The fraction of sp³-hybridized carbons (Fsp3) is 0.100. The number of hydrogen-bond acceptors (Lipinski definition) is 5. The van der Waals surface area contributed by atoms with Crippen LogP contribution in [0.2, 0.25) is 5.15 Å². The summed E-state index contributed by atoms with van der Waals surface area (Å²) < 4.78 is 26.3. The highest BCUT2D eigenvalue weighted by atomic mass is 35.5. The average molecular weight is 285 g/mol. The van der Waals surface area contributed by atoms with Gasteiger partial charge in [0.15, 0.2) is 0 Å². The first-order valence-corrected chi connectivity index (χ1v) is 6.81. The maximum absolute atomic E-state index is 11.9. The summed E-state index contributed by atoms with van der Waals surface area (Å²) in [5.74, 6) is 0. The second-order valence-electron chi connectivity index (χ2n) is 3.32. The van der Waals surface area contributed by atoms with Crippen molar-refractivity contribution in [2.45, 2.75) is 11.4 Å². The van der Waals surface area contributed by atoms with Crippen LogP contribution in [0.25, 0.3) is 0 Å². The maximum Gasteiger partial charge on any atom is 0.243 e. The molecule has 0 amide bonds. The molecule has 0 aliphatic heterocycles. The number of sulfonamides is 1. The molecule has 0 saturated heterocycles. The molecular weight excluding hydrogens is 276 g/mol. The second-order valence-corrected chi connectivity index (χ2v) is 5.41. The summed E-state index contributed by atoms with van der Waals surface area (Å²) >= 11 is 5.73. The van der Waals surface area contributed by atoms with E-state index in [1.165, 1.54) is 30.9 Å². The Morgan fingerprint density at radius 2 is 2.06 bits per heavy atom. The number of pyridine rings is 1. The van der Waals surface area contributed by atoms with Gasteiger partial charge in [-0.05, 0) is 18.2 Å². The molecule has 0 bridgehead atoms. The van der Waals surface area contributed by atoms with Crippen LogP contribution in [0.4, 0.5) is 0 Å². The van der Waals surface area contributed by atoms with E-state index in [-0.39, 0.29) is 16.6 Å². The third-order valence-corrected chi connectivity index (χ3v) is 3.95. The Kier molecular flexibility index (Phi) is 3.85. The number of hydrogen-bond donors (Lipinski definition) is 1. The van der Waals surface area contributed by atoms with Gasteiger partial charge in [0.1, 0.15) is 16.4 Å². The molecule has 0 aliphatic rings. The molecule has 2 aromatic rings. The molecule has 8 heteroatoms. The van der Waals surface area contributed by atoms with Crippen molar-refractivity contribution in [2.24, 2.45) is 0 Å². The zero-order chi connectivity index (χ0) is 13.0. The highest BCUT2D eigenvalue weighted by molar-refractivity contribution is 7.89. The van der Waals surface area contributed by atoms with E-state index in [9.17, 15) is 8.42 Å². The summed E-state index contributed by atoms with van der Waals surface area (Å²) in [6.45, 7) is 0.0656. The van der Waals surface area contributed by atoms with Gasteiger partial charge in [-0.15, -0.1) is 0 Å². The first kappa shape index (κ1) is 12.9. The zero-order valence-electron chi connectivity index (χ0n) is 9.12. The molecule has 94 valence electrons. The van der Waals surface area contributed by atoms with Gasteiger partial charge in [0.25, 0.3) is 0 Å². The summed E-state index contributed by atoms with van der Waals surface area (Å²) in [4.78, 5) is 11.3. The van der Waals surface area contributed by atoms with Crippen molar-refractivity contribution in [3.8, 4) is 0 Å². The largest absolute Gasteiger partial charge is 0.245 e. The highest BCUT2D eigenvalue weighted by Gasteiger charge is 2.17. The lowest BCUT2D eigenvalue weighted by Gasteiger charge is -2.06. The minimum absolute atomic E-state index is 0.0549. The molecule has 0 fully saturated rings. The lowest BCUT2D eigenvalue weighted by Crippen LogP contribution is -2.24. The minimum atomic E-state index is -3.69. The quantitative estimate of drug-likeness (QED) is 0.847. The molecule has 0 radical (unpaired) electrons. The lowest BCUT2D eigenvalue weighted by atomic mass is 10.4. The van der Waals surface area contributed by atoms with Crippen LogP contribution in [0.5, 0.6) is 0 Å². The predicted octanol–water partition coefficient (Wildman–Crippen LogP) is 1.00. The number of nitrogens with one attached hydrogen (secondary N) is 1. The summed E-state index contributed by atoms with van der Waals surface area (Å²) in [5.41, 5.74) is 0.564. The van der Waals surface area contributed by atoms with E-state index in [0.29, 0.717) is 5.69 Å². The van der Waals surface area contributed by atoms with Crippen molar-refractivity contribution < 1.29 is 8.42 Å². The molecule has 0 saturated carbocycles. The van der Waals surface area contributed by atoms with Crippen LogP contribution in [0.1, 0.15) is 5.69 Å². The van der Waals surface area contributed by atoms with Gasteiger partial charge in [-0.2, -0.15) is 0 Å². The van der Waals surface area contributed by atoms with Crippen LogP contribution in [-0.4, -0.2) is 23.4 Å². The van der Waals surface area contributed by atoms with Crippen molar-refractivity contribution in [2.75, 3.05) is 0 Å². The topological polar surface area (TPSA) is 84.8 Å². The molecule has 2 rings (SSSR count). The van der Waals surface area contributed by atoms with Gasteiger partial charge in [-0.25, -0.2) is 28.1 Å². The zero-order valence-corrected chi connectivity index (χ0v) is 10.7. The van der Waals surface area contributed by atoms with E-state index in [1.807, 2.05) is 0 Å². The Hall–Kier alpha value is -1.57. The summed E-state index contributed by atoms with van der Waals surface area (Å²) in [6.07, 6.45) is 4.31. The molecular formula is C10H9ClN4O2S. The van der Waals surface area contributed by atoms with Crippen LogP contribution in [0.3, 0.4) is 0 Å². The fourth-order valence-corrected chi connectivity index (χ4v) is 2.69. The van der Waals surface area contributed by atoms with Crippen molar-refractivity contribution in [3.63, 3.8) is 0 Å². The SMILES string of the molecule is O=S(=O)(NCc1ccncn1)c1cccnc1Cl. The Balaban J connectivity index is 2.16. The summed E-state index contributed by atoms with van der Waals surface area (Å²) in [6, 6.07) is 4.51. The van der Waals surface area contributed by atoms with E-state index >= 15 is 0 Å². The molecule has 1 N–H and O–H groups in total. The molecule has 0 unspecified atom stereocenters. The van der Waals surface area contributed by atoms with Crippen molar-refractivity contribution in [1.29, 1.82) is 0 Å².